The Labute approximate surface area is 336 Å². The van der Waals surface area contributed by atoms with Gasteiger partial charge in [0.1, 0.15) is 0 Å². The molecule has 0 radical (unpaired) electrons. The van der Waals surface area contributed by atoms with Crippen LogP contribution in [0.2, 0.25) is 0 Å². The molecule has 6 heterocycles. The molecule has 0 spiro atoms. The molecule has 0 fully saturated rings. The Bertz CT molecular complexity index is 3070. The molecule has 0 atom stereocenters. The van der Waals surface area contributed by atoms with Gasteiger partial charge in [-0.25, -0.2) is 0 Å². The van der Waals surface area contributed by atoms with Crippen molar-refractivity contribution in [3.05, 3.63) is 151 Å². The molecule has 0 aliphatic heterocycles. The van der Waals surface area contributed by atoms with E-state index in [1.165, 1.54) is 86.6 Å². The lowest BCUT2D eigenvalue weighted by Gasteiger charge is -2.11. The zero-order valence-electron chi connectivity index (χ0n) is 29.9. The smallest absolute Gasteiger partial charge is 0.0905 e. The lowest BCUT2D eigenvalue weighted by atomic mass is 10.1. The lowest BCUT2D eigenvalue weighted by Crippen LogP contribution is -1.95. The van der Waals surface area contributed by atoms with Crippen molar-refractivity contribution in [1.29, 1.82) is 0 Å². The fraction of sp³-hybridized carbons (Fsp3) is 0.0870. The van der Waals surface area contributed by atoms with Gasteiger partial charge in [0.05, 0.1) is 61.1 Å². The first-order chi connectivity index (χ1) is 26.2. The number of aromatic nitrogens is 4. The van der Waals surface area contributed by atoms with Crippen molar-refractivity contribution in [2.24, 2.45) is 0 Å². The van der Waals surface area contributed by atoms with Crippen molar-refractivity contribution in [3.8, 4) is 22.7 Å². The van der Waals surface area contributed by atoms with E-state index in [0.29, 0.717) is 0 Å². The summed E-state index contributed by atoms with van der Waals surface area (Å²) in [6.45, 7) is 8.63. The Morgan fingerprint density at radius 1 is 0.352 bits per heavy atom. The van der Waals surface area contributed by atoms with E-state index in [1.54, 1.807) is 22.7 Å². The molecule has 6 aromatic heterocycles. The summed E-state index contributed by atoms with van der Waals surface area (Å²) in [4.78, 5) is 0. The summed E-state index contributed by atoms with van der Waals surface area (Å²) < 4.78 is 14.7. The summed E-state index contributed by atoms with van der Waals surface area (Å²) in [6, 6.07) is 45.4. The third kappa shape index (κ3) is 4.64. The van der Waals surface area contributed by atoms with Crippen molar-refractivity contribution in [1.82, 2.24) is 18.3 Å². The minimum atomic E-state index is 1.12. The van der Waals surface area contributed by atoms with Crippen LogP contribution in [0.25, 0.3) is 87.1 Å². The zero-order valence-corrected chi connectivity index (χ0v) is 34.7. The van der Waals surface area contributed by atoms with Crippen LogP contribution in [0.15, 0.2) is 129 Å². The first-order valence-electron chi connectivity index (χ1n) is 18.0. The maximum atomic E-state index is 3.88. The molecule has 0 aliphatic carbocycles. The van der Waals surface area contributed by atoms with E-state index in [0.717, 1.165) is 30.3 Å². The molecule has 0 aliphatic rings. The lowest BCUT2D eigenvalue weighted by molar-refractivity contribution is 1.17. The van der Waals surface area contributed by atoms with Crippen LogP contribution in [0.3, 0.4) is 0 Å². The van der Waals surface area contributed by atoms with Crippen LogP contribution in [0.1, 0.15) is 22.3 Å². The summed E-state index contributed by atoms with van der Waals surface area (Å²) in [6.07, 6.45) is 0. The number of fused-ring (bicyclic) bond motifs is 10. The topological polar surface area (TPSA) is 19.7 Å². The van der Waals surface area contributed by atoms with Crippen molar-refractivity contribution in [2.75, 3.05) is 0 Å². The largest absolute Gasteiger partial charge is 0.306 e. The fourth-order valence-corrected chi connectivity index (χ4v) is 11.6. The summed E-state index contributed by atoms with van der Waals surface area (Å²) in [5.41, 5.74) is 19.3. The van der Waals surface area contributed by atoms with Gasteiger partial charge < -0.3 is 18.3 Å². The average Bonchev–Trinajstić information content (AvgIpc) is 3.98. The number of aryl methyl sites for hydroxylation is 4. The van der Waals surface area contributed by atoms with Crippen LogP contribution in [0.4, 0.5) is 0 Å². The monoisotopic (exact) mass is 862 g/mol. The Balaban J connectivity index is 1.39. The van der Waals surface area contributed by atoms with Gasteiger partial charge in [-0.05, 0) is 132 Å². The van der Waals surface area contributed by atoms with Crippen molar-refractivity contribution in [2.45, 2.75) is 27.7 Å². The number of thiophene rings is 2. The molecule has 262 valence electrons. The van der Waals surface area contributed by atoms with Gasteiger partial charge in [0, 0.05) is 33.5 Å². The standard InChI is InChI=1S/C46H32Br2N4S2/c1-25-5-13-29(14-6-25)49-35-21-34-36(22-33(35)41-43(49)45-37(23-39(47)53-45)51(41)31-17-9-27(3)10-18-31)50(30-15-7-26(2)8-16-30)44-42(34)52(32-19-11-28(4)12-20-32)38-24-40(48)54-46(38)44/h5-24H,1-4H3. The summed E-state index contributed by atoms with van der Waals surface area (Å²) in [5, 5.41) is 2.44. The predicted octanol–water partition coefficient (Wildman–Crippen LogP) is 14.7. The third-order valence-corrected chi connectivity index (χ3v) is 14.2. The Kier molecular flexibility index (Phi) is 7.13. The van der Waals surface area contributed by atoms with Crippen LogP contribution in [-0.4, -0.2) is 18.3 Å². The summed E-state index contributed by atoms with van der Waals surface area (Å²) in [5.74, 6) is 0. The molecule has 0 saturated carbocycles. The molecule has 54 heavy (non-hydrogen) atoms. The van der Waals surface area contributed by atoms with E-state index < -0.39 is 0 Å². The number of hydrogen-bond donors (Lipinski definition) is 0. The van der Waals surface area contributed by atoms with Crippen LogP contribution < -0.4 is 0 Å². The molecule has 0 N–H and O–H groups in total. The van der Waals surface area contributed by atoms with Crippen LogP contribution >= 0.6 is 54.5 Å². The number of benzene rings is 5. The van der Waals surface area contributed by atoms with Crippen LogP contribution in [0.5, 0.6) is 0 Å². The second-order valence-electron chi connectivity index (χ2n) is 14.5. The van der Waals surface area contributed by atoms with E-state index in [2.05, 4.69) is 199 Å². The van der Waals surface area contributed by atoms with E-state index in [9.17, 15) is 0 Å². The van der Waals surface area contributed by atoms with Crippen molar-refractivity contribution >= 4 is 119 Å². The van der Waals surface area contributed by atoms with Gasteiger partial charge in [-0.1, -0.05) is 70.8 Å². The predicted molar refractivity (Wildman–Crippen MR) is 239 cm³/mol. The molecule has 8 heteroatoms. The molecule has 4 nitrogen and oxygen atoms in total. The second-order valence-corrected chi connectivity index (χ2v) is 19.4. The zero-order chi connectivity index (χ0) is 36.6. The molecule has 11 rings (SSSR count). The third-order valence-electron chi connectivity index (χ3n) is 10.9. The van der Waals surface area contributed by atoms with Gasteiger partial charge in [0.25, 0.3) is 0 Å². The first-order valence-corrected chi connectivity index (χ1v) is 21.2. The first kappa shape index (κ1) is 32.6. The van der Waals surface area contributed by atoms with Crippen molar-refractivity contribution < 1.29 is 0 Å². The van der Waals surface area contributed by atoms with E-state index in [4.69, 9.17) is 0 Å². The molecule has 11 aromatic rings. The highest BCUT2D eigenvalue weighted by Gasteiger charge is 2.28. The van der Waals surface area contributed by atoms with Crippen LogP contribution in [0, 0.1) is 27.7 Å². The quantitative estimate of drug-likeness (QED) is 0.168. The molecule has 5 aromatic carbocycles. The van der Waals surface area contributed by atoms with Gasteiger partial charge in [-0.2, -0.15) is 0 Å². The van der Waals surface area contributed by atoms with Gasteiger partial charge in [0.15, 0.2) is 0 Å². The van der Waals surface area contributed by atoms with Crippen LogP contribution in [-0.2, 0) is 0 Å². The average molecular weight is 865 g/mol. The van der Waals surface area contributed by atoms with Crippen molar-refractivity contribution in [3.63, 3.8) is 0 Å². The second kappa shape index (κ2) is 11.8. The Morgan fingerprint density at radius 2 is 0.630 bits per heavy atom. The normalized spacial score (nSPS) is 12.3. The SMILES string of the molecule is Cc1ccc(-n2c3cc(Br)sc3c3c2c2cc4c(cc2n3-c2ccc(C)cc2)c2c(c3sc(Br)cc3n2-c2ccc(C)cc2)n4-c2ccc(C)cc2)cc1. The minimum absolute atomic E-state index is 1.12. The van der Waals surface area contributed by atoms with Gasteiger partial charge >= 0.3 is 0 Å². The van der Waals surface area contributed by atoms with E-state index >= 15 is 0 Å². The van der Waals surface area contributed by atoms with Gasteiger partial charge in [-0.3, -0.25) is 0 Å². The van der Waals surface area contributed by atoms with E-state index in [1.807, 2.05) is 0 Å². The molecule has 0 saturated heterocycles. The molecule has 0 bridgehead atoms. The highest BCUT2D eigenvalue weighted by Crippen LogP contribution is 2.49. The summed E-state index contributed by atoms with van der Waals surface area (Å²) >= 11 is 11.4. The maximum absolute atomic E-state index is 3.88. The number of rotatable bonds is 4. The molecular formula is C46H32Br2N4S2. The number of halogens is 2. The molecule has 0 amide bonds. The van der Waals surface area contributed by atoms with E-state index in [-0.39, 0.29) is 0 Å². The molecular weight excluding hydrogens is 832 g/mol. The minimum Gasteiger partial charge on any atom is -0.306 e. The number of nitrogens with zero attached hydrogens (tertiary/aromatic N) is 4. The fourth-order valence-electron chi connectivity index (χ4n) is 8.37. The highest BCUT2D eigenvalue weighted by molar-refractivity contribution is 9.11. The highest BCUT2D eigenvalue weighted by atomic mass is 79.9. The number of hydrogen-bond acceptors (Lipinski definition) is 2. The van der Waals surface area contributed by atoms with Gasteiger partial charge in [0.2, 0.25) is 0 Å². The van der Waals surface area contributed by atoms with Gasteiger partial charge in [-0.15, -0.1) is 22.7 Å². The molecule has 0 unspecified atom stereocenters. The Hall–Kier alpha value is -4.86. The Morgan fingerprint density at radius 3 is 0.926 bits per heavy atom. The summed E-state index contributed by atoms with van der Waals surface area (Å²) in [7, 11) is 0. The maximum Gasteiger partial charge on any atom is 0.0905 e.